The lowest BCUT2D eigenvalue weighted by Crippen LogP contribution is -2.16. The Hall–Kier alpha value is -6.74. The van der Waals surface area contributed by atoms with Crippen molar-refractivity contribution in [1.82, 2.24) is 0 Å². The van der Waals surface area contributed by atoms with Gasteiger partial charge in [-0.2, -0.15) is 0 Å². The van der Waals surface area contributed by atoms with Gasteiger partial charge in [-0.15, -0.1) is 11.3 Å². The molecule has 0 unspecified atom stereocenters. The third kappa shape index (κ3) is 5.44. The van der Waals surface area contributed by atoms with Crippen molar-refractivity contribution >= 4 is 59.3 Å². The van der Waals surface area contributed by atoms with Crippen LogP contribution in [0.1, 0.15) is 25.0 Å². The summed E-state index contributed by atoms with van der Waals surface area (Å²) in [5.41, 5.74) is 15.8. The van der Waals surface area contributed by atoms with E-state index in [1.54, 1.807) is 0 Å². The van der Waals surface area contributed by atoms with Crippen molar-refractivity contribution < 1.29 is 0 Å². The highest BCUT2D eigenvalue weighted by Crippen LogP contribution is 2.56. The summed E-state index contributed by atoms with van der Waals surface area (Å²) in [6.07, 6.45) is 0. The van der Waals surface area contributed by atoms with Crippen molar-refractivity contribution in [3.05, 3.63) is 211 Å². The van der Waals surface area contributed by atoms with Crippen LogP contribution in [0.15, 0.2) is 200 Å². The molecule has 0 atom stereocenters. The zero-order valence-electron chi connectivity index (χ0n) is 31.9. The van der Waals surface area contributed by atoms with Gasteiger partial charge < -0.3 is 4.90 Å². The van der Waals surface area contributed by atoms with Gasteiger partial charge in [0.2, 0.25) is 0 Å². The fourth-order valence-electron chi connectivity index (χ4n) is 9.27. The average molecular weight is 746 g/mol. The molecule has 11 rings (SSSR count). The topological polar surface area (TPSA) is 3.24 Å². The number of anilines is 3. The van der Waals surface area contributed by atoms with Crippen LogP contribution in [0.5, 0.6) is 0 Å². The van der Waals surface area contributed by atoms with Crippen molar-refractivity contribution in [3.63, 3.8) is 0 Å². The first-order valence-electron chi connectivity index (χ1n) is 19.8. The lowest BCUT2D eigenvalue weighted by atomic mass is 9.82. The van der Waals surface area contributed by atoms with Crippen LogP contribution in [0.25, 0.3) is 75.5 Å². The summed E-state index contributed by atoms with van der Waals surface area (Å²) < 4.78 is 2.62. The zero-order chi connectivity index (χ0) is 38.1. The van der Waals surface area contributed by atoms with Gasteiger partial charge in [0.25, 0.3) is 0 Å². The maximum atomic E-state index is 2.53. The number of nitrogens with zero attached hydrogens (tertiary/aromatic N) is 1. The molecule has 270 valence electrons. The molecule has 0 saturated carbocycles. The van der Waals surface area contributed by atoms with Crippen molar-refractivity contribution in [2.75, 3.05) is 4.90 Å². The molecule has 10 aromatic rings. The standard InChI is InChI=1S/C55H39NS/c1-55(2)47-21-10-8-19-45(47)54-48(55)22-13-24-50(54)56(42-31-28-38(29-32-42)36-14-4-3-5-15-36)49-23-12-20-43(40-27-26-37-16-6-7-17-39(37)34-40)53(49)41-30-33-52-46(35-41)44-18-9-11-25-51(44)57-52/h3-35H,1-2H3. The molecule has 1 aliphatic carbocycles. The van der Waals surface area contributed by atoms with Gasteiger partial charge in [0.05, 0.1) is 11.4 Å². The molecule has 0 saturated heterocycles. The maximum absolute atomic E-state index is 2.53. The van der Waals surface area contributed by atoms with Gasteiger partial charge in [0, 0.05) is 42.4 Å². The number of rotatable bonds is 6. The monoisotopic (exact) mass is 745 g/mol. The van der Waals surface area contributed by atoms with Crippen LogP contribution < -0.4 is 4.90 Å². The second kappa shape index (κ2) is 13.2. The van der Waals surface area contributed by atoms with Crippen LogP contribution in [0.2, 0.25) is 0 Å². The molecule has 0 bridgehead atoms. The Balaban J connectivity index is 1.22. The summed E-state index contributed by atoms with van der Waals surface area (Å²) in [5, 5.41) is 5.07. The van der Waals surface area contributed by atoms with Crippen molar-refractivity contribution in [1.29, 1.82) is 0 Å². The third-order valence-electron chi connectivity index (χ3n) is 12.1. The Morgan fingerprint density at radius 2 is 1.00 bits per heavy atom. The summed E-state index contributed by atoms with van der Waals surface area (Å²) >= 11 is 1.87. The highest BCUT2D eigenvalue weighted by molar-refractivity contribution is 7.25. The molecule has 1 heterocycles. The molecule has 0 aliphatic heterocycles. The molecule has 1 aliphatic rings. The van der Waals surface area contributed by atoms with Gasteiger partial charge in [0.15, 0.2) is 0 Å². The largest absolute Gasteiger partial charge is 0.309 e. The summed E-state index contributed by atoms with van der Waals surface area (Å²) in [7, 11) is 0. The van der Waals surface area contributed by atoms with Gasteiger partial charge in [-0.1, -0.05) is 166 Å². The highest BCUT2D eigenvalue weighted by atomic mass is 32.1. The van der Waals surface area contributed by atoms with Gasteiger partial charge in [-0.05, 0) is 104 Å². The SMILES string of the molecule is CC1(C)c2ccccc2-c2c(N(c3ccc(-c4ccccc4)cc3)c3cccc(-c4ccc5ccccc5c4)c3-c3ccc4sc5ccccc5c4c3)cccc21. The summed E-state index contributed by atoms with van der Waals surface area (Å²) in [6, 6.07) is 74.1. The van der Waals surface area contributed by atoms with E-state index in [1.165, 1.54) is 92.3 Å². The first-order valence-corrected chi connectivity index (χ1v) is 20.6. The predicted molar refractivity (Wildman–Crippen MR) is 245 cm³/mol. The van der Waals surface area contributed by atoms with Crippen LogP contribution in [0, 0.1) is 0 Å². The third-order valence-corrected chi connectivity index (χ3v) is 13.2. The van der Waals surface area contributed by atoms with Gasteiger partial charge in [0.1, 0.15) is 0 Å². The molecule has 57 heavy (non-hydrogen) atoms. The van der Waals surface area contributed by atoms with E-state index in [0.29, 0.717) is 0 Å². The minimum absolute atomic E-state index is 0.133. The first kappa shape index (κ1) is 33.6. The molecular weight excluding hydrogens is 707 g/mol. The molecule has 1 aromatic heterocycles. The van der Waals surface area contributed by atoms with Crippen molar-refractivity contribution in [2.45, 2.75) is 19.3 Å². The Bertz CT molecular complexity index is 3150. The van der Waals surface area contributed by atoms with E-state index in [-0.39, 0.29) is 5.41 Å². The van der Waals surface area contributed by atoms with E-state index >= 15 is 0 Å². The van der Waals surface area contributed by atoms with E-state index in [9.17, 15) is 0 Å². The minimum Gasteiger partial charge on any atom is -0.309 e. The van der Waals surface area contributed by atoms with Gasteiger partial charge in [-0.3, -0.25) is 0 Å². The molecular formula is C55H39NS. The maximum Gasteiger partial charge on any atom is 0.0546 e. The van der Waals surface area contributed by atoms with Crippen LogP contribution in [0.4, 0.5) is 17.1 Å². The van der Waals surface area contributed by atoms with Gasteiger partial charge in [-0.25, -0.2) is 0 Å². The molecule has 2 heteroatoms. The molecule has 9 aromatic carbocycles. The molecule has 0 fully saturated rings. The lowest BCUT2D eigenvalue weighted by molar-refractivity contribution is 0.660. The summed E-state index contributed by atoms with van der Waals surface area (Å²) in [5.74, 6) is 0. The quantitative estimate of drug-likeness (QED) is 0.164. The normalized spacial score (nSPS) is 12.9. The number of benzene rings is 9. The summed E-state index contributed by atoms with van der Waals surface area (Å²) in [4.78, 5) is 2.53. The fraction of sp³-hybridized carbons (Fsp3) is 0.0545. The fourth-order valence-corrected chi connectivity index (χ4v) is 10.4. The van der Waals surface area contributed by atoms with Crippen LogP contribution in [-0.2, 0) is 5.41 Å². The van der Waals surface area contributed by atoms with E-state index in [4.69, 9.17) is 0 Å². The number of fused-ring (bicyclic) bond motifs is 7. The van der Waals surface area contributed by atoms with Crippen LogP contribution in [-0.4, -0.2) is 0 Å². The highest BCUT2D eigenvalue weighted by Gasteiger charge is 2.38. The number of thiophene rings is 1. The Morgan fingerprint density at radius 3 is 1.86 bits per heavy atom. The first-order chi connectivity index (χ1) is 28.0. The van der Waals surface area contributed by atoms with E-state index in [2.05, 4.69) is 219 Å². The van der Waals surface area contributed by atoms with Crippen LogP contribution in [0.3, 0.4) is 0 Å². The smallest absolute Gasteiger partial charge is 0.0546 e. The van der Waals surface area contributed by atoms with E-state index in [0.717, 1.165) is 11.4 Å². The van der Waals surface area contributed by atoms with Crippen LogP contribution >= 0.6 is 11.3 Å². The number of hydrogen-bond acceptors (Lipinski definition) is 2. The molecule has 1 nitrogen and oxygen atoms in total. The Kier molecular flexibility index (Phi) is 7.77. The summed E-state index contributed by atoms with van der Waals surface area (Å²) in [6.45, 7) is 4.74. The van der Waals surface area contributed by atoms with Crippen molar-refractivity contribution in [2.24, 2.45) is 0 Å². The molecule has 0 radical (unpaired) electrons. The Morgan fingerprint density at radius 1 is 0.386 bits per heavy atom. The number of hydrogen-bond donors (Lipinski definition) is 0. The average Bonchev–Trinajstić information content (AvgIpc) is 3.76. The molecule has 0 spiro atoms. The Labute approximate surface area is 337 Å². The molecule has 0 amide bonds. The van der Waals surface area contributed by atoms with E-state index < -0.39 is 0 Å². The molecule has 0 N–H and O–H groups in total. The zero-order valence-corrected chi connectivity index (χ0v) is 32.7. The van der Waals surface area contributed by atoms with Gasteiger partial charge >= 0.3 is 0 Å². The minimum atomic E-state index is -0.133. The second-order valence-corrected chi connectivity index (χ2v) is 16.8. The van der Waals surface area contributed by atoms with Crippen molar-refractivity contribution in [3.8, 4) is 44.5 Å². The lowest BCUT2D eigenvalue weighted by Gasteiger charge is -2.31. The predicted octanol–water partition coefficient (Wildman–Crippen LogP) is 16.0. The van der Waals surface area contributed by atoms with E-state index in [1.807, 2.05) is 11.3 Å². The second-order valence-electron chi connectivity index (χ2n) is 15.7.